The molecule has 17 heavy (non-hydrogen) atoms. The van der Waals surface area contributed by atoms with Gasteiger partial charge in [-0.25, -0.2) is 0 Å². The minimum atomic E-state index is 0.426. The van der Waals surface area contributed by atoms with E-state index in [-0.39, 0.29) is 0 Å². The van der Waals surface area contributed by atoms with Crippen LogP contribution in [0.15, 0.2) is 24.3 Å². The number of piperidine rings is 1. The Morgan fingerprint density at radius 1 is 1.12 bits per heavy atom. The molecular weight excluding hydrogens is 214 g/mol. The molecule has 0 aliphatic carbocycles. The van der Waals surface area contributed by atoms with Gasteiger partial charge in [0.25, 0.3) is 0 Å². The van der Waals surface area contributed by atoms with E-state index in [0.717, 1.165) is 31.4 Å². The van der Waals surface area contributed by atoms with E-state index in [1.807, 2.05) is 12.1 Å². The maximum absolute atomic E-state index is 11.6. The summed E-state index contributed by atoms with van der Waals surface area (Å²) in [6.07, 6.45) is 3.76. The molecule has 0 amide bonds. The smallest absolute Gasteiger partial charge is 0.137 e. The first-order valence-corrected chi connectivity index (χ1v) is 6.22. The summed E-state index contributed by atoms with van der Waals surface area (Å²) in [5.41, 5.74) is 1.23. The summed E-state index contributed by atoms with van der Waals surface area (Å²) in [7, 11) is 1.68. The zero-order valence-corrected chi connectivity index (χ0v) is 10.1. The quantitative estimate of drug-likeness (QED) is 0.782. The Bertz CT molecular complexity index is 410. The van der Waals surface area contributed by atoms with Crippen molar-refractivity contribution in [3.8, 4) is 5.75 Å². The Balaban J connectivity index is 1.86. The van der Waals surface area contributed by atoms with Crippen molar-refractivity contribution in [1.29, 1.82) is 0 Å². The number of carbonyl (C=O) groups excluding carboxylic acids is 1. The Labute approximate surface area is 101 Å². The predicted molar refractivity (Wildman–Crippen MR) is 66.5 cm³/mol. The van der Waals surface area contributed by atoms with Gasteiger partial charge in [-0.1, -0.05) is 0 Å². The summed E-state index contributed by atoms with van der Waals surface area (Å²) < 4.78 is 5.17. The maximum atomic E-state index is 11.6. The van der Waals surface area contributed by atoms with Gasteiger partial charge in [0.2, 0.25) is 0 Å². The lowest BCUT2D eigenvalue weighted by molar-refractivity contribution is -0.120. The fraction of sp³-hybridized carbons (Fsp3) is 0.500. The fourth-order valence-electron chi connectivity index (χ4n) is 3.15. The zero-order chi connectivity index (χ0) is 11.8. The monoisotopic (exact) mass is 231 g/mol. The van der Waals surface area contributed by atoms with E-state index in [4.69, 9.17) is 4.74 Å². The number of ether oxygens (including phenoxy) is 1. The van der Waals surface area contributed by atoms with Gasteiger partial charge >= 0.3 is 0 Å². The maximum Gasteiger partial charge on any atom is 0.137 e. The molecule has 0 spiro atoms. The molecule has 2 aliphatic heterocycles. The first kappa shape index (κ1) is 10.6. The highest BCUT2D eigenvalue weighted by atomic mass is 16.5. The first-order chi connectivity index (χ1) is 8.28. The zero-order valence-electron chi connectivity index (χ0n) is 10.1. The standard InChI is InChI=1S/C14H17NO2/c1-17-14-6-4-10(5-7-14)15-11-2-3-12(15)9-13(16)8-11/h4-7,11-12H,2-3,8-9H2,1H3/t11-,12-/m0/s1. The topological polar surface area (TPSA) is 29.5 Å². The van der Waals surface area contributed by atoms with Crippen LogP contribution in [-0.4, -0.2) is 25.0 Å². The Morgan fingerprint density at radius 2 is 1.71 bits per heavy atom. The highest BCUT2D eigenvalue weighted by Gasteiger charge is 2.39. The SMILES string of the molecule is COc1ccc(N2[C@H]3CC[C@H]2CC(=O)C3)cc1. The molecular formula is C14H17NO2. The molecule has 90 valence electrons. The molecule has 2 fully saturated rings. The van der Waals surface area contributed by atoms with Gasteiger partial charge in [0.1, 0.15) is 11.5 Å². The van der Waals surface area contributed by atoms with Gasteiger partial charge in [-0.2, -0.15) is 0 Å². The van der Waals surface area contributed by atoms with Crippen LogP contribution in [0.4, 0.5) is 5.69 Å². The number of hydrogen-bond donors (Lipinski definition) is 0. The van der Waals surface area contributed by atoms with Crippen molar-refractivity contribution >= 4 is 11.5 Å². The minimum absolute atomic E-state index is 0.426. The molecule has 0 aromatic heterocycles. The molecule has 2 saturated heterocycles. The largest absolute Gasteiger partial charge is 0.497 e. The average Bonchev–Trinajstić information content (AvgIpc) is 2.62. The van der Waals surface area contributed by atoms with Gasteiger partial charge in [0, 0.05) is 30.6 Å². The third kappa shape index (κ3) is 1.79. The molecule has 3 rings (SSSR count). The van der Waals surface area contributed by atoms with Crippen molar-refractivity contribution in [2.75, 3.05) is 12.0 Å². The van der Waals surface area contributed by atoms with Crippen LogP contribution in [0, 0.1) is 0 Å². The number of ketones is 1. The van der Waals surface area contributed by atoms with Crippen LogP contribution in [0.2, 0.25) is 0 Å². The molecule has 0 radical (unpaired) electrons. The fourth-order valence-corrected chi connectivity index (χ4v) is 3.15. The van der Waals surface area contributed by atoms with Crippen LogP contribution >= 0.6 is 0 Å². The third-order valence-electron chi connectivity index (χ3n) is 3.92. The lowest BCUT2D eigenvalue weighted by atomic mass is 10.0. The molecule has 2 bridgehead atoms. The van der Waals surface area contributed by atoms with Crippen LogP contribution < -0.4 is 9.64 Å². The summed E-state index contributed by atoms with van der Waals surface area (Å²) in [6, 6.07) is 9.03. The van der Waals surface area contributed by atoms with Gasteiger partial charge in [-0.05, 0) is 37.1 Å². The van der Waals surface area contributed by atoms with Gasteiger partial charge in [-0.15, -0.1) is 0 Å². The number of benzene rings is 1. The molecule has 0 unspecified atom stereocenters. The van der Waals surface area contributed by atoms with Crippen LogP contribution in [0.25, 0.3) is 0 Å². The predicted octanol–water partition coefficient (Wildman–Crippen LogP) is 2.40. The third-order valence-corrected chi connectivity index (χ3v) is 3.92. The average molecular weight is 231 g/mol. The number of rotatable bonds is 2. The van der Waals surface area contributed by atoms with E-state index in [2.05, 4.69) is 17.0 Å². The Kier molecular flexibility index (Phi) is 2.54. The van der Waals surface area contributed by atoms with E-state index in [0.29, 0.717) is 17.9 Å². The van der Waals surface area contributed by atoms with Gasteiger partial charge < -0.3 is 9.64 Å². The number of hydrogen-bond acceptors (Lipinski definition) is 3. The summed E-state index contributed by atoms with van der Waals surface area (Å²) >= 11 is 0. The molecule has 2 heterocycles. The lowest BCUT2D eigenvalue weighted by Crippen LogP contribution is -2.43. The number of anilines is 1. The second-order valence-corrected chi connectivity index (χ2v) is 4.94. The van der Waals surface area contributed by atoms with Gasteiger partial charge in [0.15, 0.2) is 0 Å². The van der Waals surface area contributed by atoms with Crippen LogP contribution in [0.5, 0.6) is 5.75 Å². The number of methoxy groups -OCH3 is 1. The van der Waals surface area contributed by atoms with E-state index in [9.17, 15) is 4.79 Å². The van der Waals surface area contributed by atoms with E-state index in [1.165, 1.54) is 5.69 Å². The van der Waals surface area contributed by atoms with Gasteiger partial charge in [-0.3, -0.25) is 4.79 Å². The second-order valence-electron chi connectivity index (χ2n) is 4.94. The first-order valence-electron chi connectivity index (χ1n) is 6.22. The van der Waals surface area contributed by atoms with Crippen LogP contribution in [0.1, 0.15) is 25.7 Å². The summed E-state index contributed by atoms with van der Waals surface area (Å²) in [5.74, 6) is 1.32. The summed E-state index contributed by atoms with van der Waals surface area (Å²) in [6.45, 7) is 0. The van der Waals surface area contributed by atoms with E-state index < -0.39 is 0 Å². The molecule has 2 atom stereocenters. The Hall–Kier alpha value is -1.51. The van der Waals surface area contributed by atoms with Crippen LogP contribution in [-0.2, 0) is 4.79 Å². The molecule has 3 nitrogen and oxygen atoms in total. The van der Waals surface area contributed by atoms with Crippen molar-refractivity contribution in [1.82, 2.24) is 0 Å². The molecule has 0 saturated carbocycles. The number of carbonyl (C=O) groups is 1. The number of nitrogens with zero attached hydrogens (tertiary/aromatic N) is 1. The van der Waals surface area contributed by atoms with Crippen LogP contribution in [0.3, 0.4) is 0 Å². The van der Waals surface area contributed by atoms with E-state index >= 15 is 0 Å². The lowest BCUT2D eigenvalue weighted by Gasteiger charge is -2.36. The van der Waals surface area contributed by atoms with Crippen molar-refractivity contribution in [3.63, 3.8) is 0 Å². The van der Waals surface area contributed by atoms with Gasteiger partial charge in [0.05, 0.1) is 7.11 Å². The number of fused-ring (bicyclic) bond motifs is 2. The summed E-state index contributed by atoms with van der Waals surface area (Å²) in [5, 5.41) is 0. The highest BCUT2D eigenvalue weighted by molar-refractivity contribution is 5.83. The molecule has 0 N–H and O–H groups in total. The molecule has 1 aromatic carbocycles. The van der Waals surface area contributed by atoms with E-state index in [1.54, 1.807) is 7.11 Å². The van der Waals surface area contributed by atoms with Crippen molar-refractivity contribution in [3.05, 3.63) is 24.3 Å². The Morgan fingerprint density at radius 3 is 2.24 bits per heavy atom. The minimum Gasteiger partial charge on any atom is -0.497 e. The molecule has 2 aliphatic rings. The van der Waals surface area contributed by atoms with Crippen molar-refractivity contribution in [2.24, 2.45) is 0 Å². The van der Waals surface area contributed by atoms with Crippen molar-refractivity contribution < 1.29 is 9.53 Å². The summed E-state index contributed by atoms with van der Waals surface area (Å²) in [4.78, 5) is 14.0. The normalized spacial score (nSPS) is 27.4. The molecule has 1 aromatic rings. The molecule has 3 heteroatoms. The number of Topliss-reactive ketones (excluding diaryl/α,β-unsaturated/α-hetero) is 1. The van der Waals surface area contributed by atoms with Crippen molar-refractivity contribution in [2.45, 2.75) is 37.8 Å². The highest BCUT2D eigenvalue weighted by Crippen LogP contribution is 2.38. The second kappa shape index (κ2) is 4.06.